The third-order valence-corrected chi connectivity index (χ3v) is 4.22. The molecule has 0 spiro atoms. The smallest absolute Gasteiger partial charge is 0.162 e. The number of rotatable bonds is 7. The molecule has 1 aromatic carbocycles. The fourth-order valence-electron chi connectivity index (χ4n) is 2.08. The topological polar surface area (TPSA) is 33.2 Å². The number of Topliss-reactive ketones (excluding diaryl/α,β-unsaturated/α-hetero) is 1. The largest absolute Gasteiger partial charge is 0.301 e. The summed E-state index contributed by atoms with van der Waals surface area (Å²) in [6.45, 7) is 3.88. The first-order chi connectivity index (χ1) is 9.66. The van der Waals surface area contributed by atoms with E-state index in [0.717, 1.165) is 30.8 Å². The second-order valence-corrected chi connectivity index (χ2v) is 5.93. The minimum atomic E-state index is 0.230. The molecule has 0 N–H and O–H groups in total. The maximum Gasteiger partial charge on any atom is 0.162 e. The van der Waals surface area contributed by atoms with Crippen molar-refractivity contribution in [1.29, 1.82) is 0 Å². The van der Waals surface area contributed by atoms with Crippen molar-refractivity contribution in [3.8, 4) is 0 Å². The van der Waals surface area contributed by atoms with Crippen LogP contribution in [-0.4, -0.2) is 29.3 Å². The predicted octanol–water partition coefficient (Wildman–Crippen LogP) is 3.55. The van der Waals surface area contributed by atoms with Crippen molar-refractivity contribution in [1.82, 2.24) is 9.88 Å². The summed E-state index contributed by atoms with van der Waals surface area (Å²) in [5.41, 5.74) is 3.81. The van der Waals surface area contributed by atoms with Crippen LogP contribution in [0.4, 0.5) is 0 Å². The zero-order chi connectivity index (χ0) is 14.4. The standard InChI is InChI=1S/C16H20N2OS/c1-13-16(20-12-17-13)11-18(2)10-6-9-15(19)14-7-4-3-5-8-14/h3-5,7-8,12H,6,9-11H2,1-2H3. The monoisotopic (exact) mass is 288 g/mol. The number of carbonyl (C=O) groups excluding carboxylic acids is 1. The van der Waals surface area contributed by atoms with E-state index in [-0.39, 0.29) is 5.78 Å². The van der Waals surface area contributed by atoms with Gasteiger partial charge in [0.15, 0.2) is 5.78 Å². The third kappa shape index (κ3) is 4.25. The number of aromatic nitrogens is 1. The molecule has 2 aromatic rings. The van der Waals surface area contributed by atoms with E-state index in [1.54, 1.807) is 11.3 Å². The highest BCUT2D eigenvalue weighted by Crippen LogP contribution is 2.14. The molecule has 0 fully saturated rings. The SMILES string of the molecule is Cc1ncsc1CN(C)CCCC(=O)c1ccccc1. The van der Waals surface area contributed by atoms with Gasteiger partial charge in [-0.15, -0.1) is 11.3 Å². The predicted molar refractivity (Wildman–Crippen MR) is 83.2 cm³/mol. The van der Waals surface area contributed by atoms with Gasteiger partial charge in [-0.3, -0.25) is 4.79 Å². The summed E-state index contributed by atoms with van der Waals surface area (Å²) in [4.78, 5) is 19.8. The Hall–Kier alpha value is -1.52. The summed E-state index contributed by atoms with van der Waals surface area (Å²) in [7, 11) is 2.09. The first-order valence-electron chi connectivity index (χ1n) is 6.82. The Morgan fingerprint density at radius 3 is 2.70 bits per heavy atom. The van der Waals surface area contributed by atoms with Gasteiger partial charge in [-0.1, -0.05) is 30.3 Å². The van der Waals surface area contributed by atoms with Gasteiger partial charge in [0, 0.05) is 23.4 Å². The number of thiazole rings is 1. The van der Waals surface area contributed by atoms with Crippen LogP contribution in [0.3, 0.4) is 0 Å². The van der Waals surface area contributed by atoms with Gasteiger partial charge < -0.3 is 4.90 Å². The number of hydrogen-bond donors (Lipinski definition) is 0. The Kier molecular flexibility index (Phi) is 5.44. The fourth-order valence-corrected chi connectivity index (χ4v) is 2.94. The summed E-state index contributed by atoms with van der Waals surface area (Å²) in [5.74, 6) is 0.230. The lowest BCUT2D eigenvalue weighted by Crippen LogP contribution is -2.19. The molecule has 0 saturated carbocycles. The lowest BCUT2D eigenvalue weighted by molar-refractivity contribution is 0.0976. The highest BCUT2D eigenvalue weighted by molar-refractivity contribution is 7.09. The van der Waals surface area contributed by atoms with Gasteiger partial charge in [-0.25, -0.2) is 4.98 Å². The molecule has 0 atom stereocenters. The minimum absolute atomic E-state index is 0.230. The molecule has 0 unspecified atom stereocenters. The number of hydrogen-bond acceptors (Lipinski definition) is 4. The van der Waals surface area contributed by atoms with Gasteiger partial charge in [0.1, 0.15) is 0 Å². The van der Waals surface area contributed by atoms with E-state index in [0.29, 0.717) is 6.42 Å². The van der Waals surface area contributed by atoms with Crippen LogP contribution in [0.15, 0.2) is 35.8 Å². The first kappa shape index (κ1) is 14.9. The van der Waals surface area contributed by atoms with Crippen LogP contribution < -0.4 is 0 Å². The highest BCUT2D eigenvalue weighted by Gasteiger charge is 2.08. The van der Waals surface area contributed by atoms with Crippen LogP contribution in [0.25, 0.3) is 0 Å². The molecular formula is C16H20N2OS. The molecule has 0 saturated heterocycles. The van der Waals surface area contributed by atoms with Crippen molar-refractivity contribution in [3.05, 3.63) is 52.0 Å². The fraction of sp³-hybridized carbons (Fsp3) is 0.375. The molecule has 0 aliphatic heterocycles. The molecule has 0 bridgehead atoms. The van der Waals surface area contributed by atoms with Crippen LogP contribution in [-0.2, 0) is 6.54 Å². The molecule has 0 aliphatic rings. The number of nitrogens with zero attached hydrogens (tertiary/aromatic N) is 2. The molecule has 2 rings (SSSR count). The van der Waals surface area contributed by atoms with E-state index < -0.39 is 0 Å². The van der Waals surface area contributed by atoms with E-state index in [1.807, 2.05) is 42.8 Å². The van der Waals surface area contributed by atoms with Crippen molar-refractivity contribution in [2.24, 2.45) is 0 Å². The van der Waals surface area contributed by atoms with E-state index in [1.165, 1.54) is 4.88 Å². The molecule has 0 aliphatic carbocycles. The summed E-state index contributed by atoms with van der Waals surface area (Å²) in [6.07, 6.45) is 1.50. The summed E-state index contributed by atoms with van der Waals surface area (Å²) < 4.78 is 0. The van der Waals surface area contributed by atoms with Gasteiger partial charge in [0.2, 0.25) is 0 Å². The normalized spacial score (nSPS) is 10.9. The summed E-state index contributed by atoms with van der Waals surface area (Å²) in [6, 6.07) is 9.51. The van der Waals surface area contributed by atoms with Gasteiger partial charge in [0.25, 0.3) is 0 Å². The van der Waals surface area contributed by atoms with Crippen LogP contribution >= 0.6 is 11.3 Å². The number of carbonyl (C=O) groups is 1. The van der Waals surface area contributed by atoms with Crippen LogP contribution in [0.5, 0.6) is 0 Å². The van der Waals surface area contributed by atoms with Crippen molar-refractivity contribution in [3.63, 3.8) is 0 Å². The molecule has 0 amide bonds. The van der Waals surface area contributed by atoms with E-state index in [2.05, 4.69) is 16.9 Å². The van der Waals surface area contributed by atoms with Crippen molar-refractivity contribution in [2.45, 2.75) is 26.3 Å². The maximum absolute atomic E-state index is 12.0. The Morgan fingerprint density at radius 2 is 2.05 bits per heavy atom. The molecule has 3 nitrogen and oxygen atoms in total. The molecular weight excluding hydrogens is 268 g/mol. The van der Waals surface area contributed by atoms with Crippen molar-refractivity contribution < 1.29 is 4.79 Å². The molecule has 106 valence electrons. The van der Waals surface area contributed by atoms with Gasteiger partial charge >= 0.3 is 0 Å². The van der Waals surface area contributed by atoms with Gasteiger partial charge in [-0.05, 0) is 26.9 Å². The van der Waals surface area contributed by atoms with E-state index >= 15 is 0 Å². The average Bonchev–Trinajstić information content (AvgIpc) is 2.85. The average molecular weight is 288 g/mol. The van der Waals surface area contributed by atoms with Gasteiger partial charge in [0.05, 0.1) is 11.2 Å². The minimum Gasteiger partial charge on any atom is -0.301 e. The van der Waals surface area contributed by atoms with Crippen LogP contribution in [0, 0.1) is 6.92 Å². The summed E-state index contributed by atoms with van der Waals surface area (Å²) in [5, 5.41) is 0. The molecule has 0 radical (unpaired) electrons. The molecule has 20 heavy (non-hydrogen) atoms. The molecule has 1 aromatic heterocycles. The highest BCUT2D eigenvalue weighted by atomic mass is 32.1. The van der Waals surface area contributed by atoms with E-state index in [9.17, 15) is 4.79 Å². The molecule has 1 heterocycles. The van der Waals surface area contributed by atoms with Crippen molar-refractivity contribution in [2.75, 3.05) is 13.6 Å². The first-order valence-corrected chi connectivity index (χ1v) is 7.70. The van der Waals surface area contributed by atoms with E-state index in [4.69, 9.17) is 0 Å². The Balaban J connectivity index is 1.73. The lowest BCUT2D eigenvalue weighted by atomic mass is 10.1. The molecule has 4 heteroatoms. The lowest BCUT2D eigenvalue weighted by Gasteiger charge is -2.15. The number of ketones is 1. The van der Waals surface area contributed by atoms with Crippen LogP contribution in [0.2, 0.25) is 0 Å². The Bertz CT molecular complexity index is 551. The van der Waals surface area contributed by atoms with Gasteiger partial charge in [-0.2, -0.15) is 0 Å². The quantitative estimate of drug-likeness (QED) is 0.731. The van der Waals surface area contributed by atoms with Crippen molar-refractivity contribution >= 4 is 17.1 Å². The third-order valence-electron chi connectivity index (χ3n) is 3.30. The maximum atomic E-state index is 12.0. The summed E-state index contributed by atoms with van der Waals surface area (Å²) >= 11 is 1.69. The number of aryl methyl sites for hydroxylation is 1. The second kappa shape index (κ2) is 7.31. The Morgan fingerprint density at radius 1 is 1.30 bits per heavy atom. The second-order valence-electron chi connectivity index (χ2n) is 4.99. The number of benzene rings is 1. The van der Waals surface area contributed by atoms with Crippen LogP contribution in [0.1, 0.15) is 33.8 Å². The zero-order valence-corrected chi connectivity index (χ0v) is 12.8. The zero-order valence-electron chi connectivity index (χ0n) is 12.0. The Labute approximate surface area is 124 Å².